The number of sulfonamides is 1. The van der Waals surface area contributed by atoms with E-state index in [0.717, 1.165) is 17.7 Å². The predicted octanol–water partition coefficient (Wildman–Crippen LogP) is 2.53. The second-order valence-electron chi connectivity index (χ2n) is 7.18. The summed E-state index contributed by atoms with van der Waals surface area (Å²) >= 11 is 0. The molecule has 1 heterocycles. The molecule has 0 bridgehead atoms. The monoisotopic (exact) mass is 410 g/mol. The lowest BCUT2D eigenvalue weighted by molar-refractivity contribution is 0.167. The van der Waals surface area contributed by atoms with Crippen molar-refractivity contribution in [3.05, 3.63) is 71.3 Å². The van der Waals surface area contributed by atoms with E-state index in [1.54, 1.807) is 0 Å². The van der Waals surface area contributed by atoms with Gasteiger partial charge in [-0.2, -0.15) is 4.31 Å². The predicted molar refractivity (Wildman–Crippen MR) is 103 cm³/mol. The lowest BCUT2D eigenvalue weighted by atomic mass is 10.1. The van der Waals surface area contributed by atoms with Crippen LogP contribution in [-0.4, -0.2) is 55.5 Å². The van der Waals surface area contributed by atoms with Gasteiger partial charge in [-0.3, -0.25) is 4.90 Å². The topological polar surface area (TPSA) is 60.9 Å². The van der Waals surface area contributed by atoms with Gasteiger partial charge < -0.3 is 5.11 Å². The van der Waals surface area contributed by atoms with E-state index >= 15 is 0 Å². The van der Waals surface area contributed by atoms with Crippen molar-refractivity contribution < 1.29 is 22.3 Å². The molecule has 2 unspecified atom stereocenters. The summed E-state index contributed by atoms with van der Waals surface area (Å²) in [5, 5.41) is 9.78. The summed E-state index contributed by atoms with van der Waals surface area (Å²) in [6.07, 6.45) is 0.245. The van der Waals surface area contributed by atoms with Gasteiger partial charge in [-0.25, -0.2) is 17.2 Å². The molecular weight excluding hydrogens is 386 g/mol. The fourth-order valence-corrected chi connectivity index (χ4v) is 4.90. The van der Waals surface area contributed by atoms with Crippen LogP contribution in [0.25, 0.3) is 0 Å². The minimum absolute atomic E-state index is 0.0627. The molecule has 0 saturated carbocycles. The third-order valence-corrected chi connectivity index (χ3v) is 6.84. The Morgan fingerprint density at radius 2 is 1.82 bits per heavy atom. The number of likely N-dealkylation sites (tertiary alicyclic amines) is 1. The summed E-state index contributed by atoms with van der Waals surface area (Å²) in [7, 11) is -2.36. The van der Waals surface area contributed by atoms with Gasteiger partial charge in [0.05, 0.1) is 17.9 Å². The highest BCUT2D eigenvalue weighted by atomic mass is 32.2. The van der Waals surface area contributed by atoms with Crippen LogP contribution in [0.2, 0.25) is 0 Å². The fourth-order valence-electron chi connectivity index (χ4n) is 3.53. The Labute approximate surface area is 164 Å². The Morgan fingerprint density at radius 3 is 2.39 bits per heavy atom. The summed E-state index contributed by atoms with van der Waals surface area (Å²) in [6, 6.07) is 11.5. The van der Waals surface area contributed by atoms with Crippen molar-refractivity contribution >= 4 is 10.0 Å². The SMILES string of the molecule is CN(C(CN1CCC(O)C1)c1ccccc1)S(=O)(=O)Cc1cc(F)cc(F)c1. The molecule has 0 aromatic heterocycles. The molecular formula is C20H24F2N2O3S. The number of halogens is 2. The highest BCUT2D eigenvalue weighted by molar-refractivity contribution is 7.88. The van der Waals surface area contributed by atoms with Gasteiger partial charge in [0.15, 0.2) is 0 Å². The van der Waals surface area contributed by atoms with Crippen LogP contribution in [0, 0.1) is 11.6 Å². The normalized spacial score (nSPS) is 19.2. The molecule has 1 N–H and O–H groups in total. The molecule has 3 rings (SSSR count). The molecule has 5 nitrogen and oxygen atoms in total. The van der Waals surface area contributed by atoms with Gasteiger partial charge in [0.25, 0.3) is 0 Å². The standard InChI is InChI=1S/C20H24F2N2O3S/c1-23(28(26,27)14-15-9-17(21)11-18(22)10-15)20(16-5-3-2-4-6-16)13-24-8-7-19(25)12-24/h2-6,9-11,19-20,25H,7-8,12-14H2,1H3. The minimum Gasteiger partial charge on any atom is -0.392 e. The second-order valence-corrected chi connectivity index (χ2v) is 9.21. The zero-order chi connectivity index (χ0) is 20.3. The highest BCUT2D eigenvalue weighted by Crippen LogP contribution is 2.27. The number of hydrogen-bond donors (Lipinski definition) is 1. The Morgan fingerprint density at radius 1 is 1.18 bits per heavy atom. The van der Waals surface area contributed by atoms with Gasteiger partial charge in [0, 0.05) is 32.7 Å². The Hall–Kier alpha value is -1.87. The molecule has 2 atom stereocenters. The first-order chi connectivity index (χ1) is 13.2. The van der Waals surface area contributed by atoms with Crippen LogP contribution < -0.4 is 0 Å². The summed E-state index contributed by atoms with van der Waals surface area (Å²) in [6.45, 7) is 1.61. The van der Waals surface area contributed by atoms with Crippen LogP contribution in [0.15, 0.2) is 48.5 Å². The van der Waals surface area contributed by atoms with Crippen molar-refractivity contribution in [2.24, 2.45) is 0 Å². The van der Waals surface area contributed by atoms with Crippen molar-refractivity contribution in [1.29, 1.82) is 0 Å². The first-order valence-electron chi connectivity index (χ1n) is 9.10. The van der Waals surface area contributed by atoms with E-state index < -0.39 is 39.6 Å². The second kappa shape index (κ2) is 8.65. The van der Waals surface area contributed by atoms with E-state index in [9.17, 15) is 22.3 Å². The number of β-amino-alcohol motifs (C(OH)–C–C–N with tert-alkyl or cyclic N) is 1. The largest absolute Gasteiger partial charge is 0.392 e. The number of likely N-dealkylation sites (N-methyl/N-ethyl adjacent to an activating group) is 1. The molecule has 0 amide bonds. The molecule has 1 aliphatic rings. The van der Waals surface area contributed by atoms with Gasteiger partial charge in [-0.1, -0.05) is 30.3 Å². The Bertz CT molecular complexity index is 889. The van der Waals surface area contributed by atoms with Gasteiger partial charge in [-0.05, 0) is 29.7 Å². The minimum atomic E-state index is -3.84. The smallest absolute Gasteiger partial charge is 0.218 e. The van der Waals surface area contributed by atoms with E-state index in [2.05, 4.69) is 0 Å². The van der Waals surface area contributed by atoms with Crippen molar-refractivity contribution in [2.75, 3.05) is 26.7 Å². The first-order valence-corrected chi connectivity index (χ1v) is 10.7. The zero-order valence-corrected chi connectivity index (χ0v) is 16.4. The van der Waals surface area contributed by atoms with Crippen LogP contribution in [0.1, 0.15) is 23.6 Å². The van der Waals surface area contributed by atoms with Gasteiger partial charge >= 0.3 is 0 Å². The fraction of sp³-hybridized carbons (Fsp3) is 0.400. The quantitative estimate of drug-likeness (QED) is 0.762. The molecule has 1 aliphatic heterocycles. The summed E-state index contributed by atoms with van der Waals surface area (Å²) < 4.78 is 54.1. The Balaban J connectivity index is 1.85. The van der Waals surface area contributed by atoms with Crippen LogP contribution in [0.3, 0.4) is 0 Å². The molecule has 152 valence electrons. The van der Waals surface area contributed by atoms with E-state index in [0.29, 0.717) is 32.1 Å². The number of nitrogens with zero attached hydrogens (tertiary/aromatic N) is 2. The van der Waals surface area contributed by atoms with Crippen LogP contribution >= 0.6 is 0 Å². The molecule has 8 heteroatoms. The van der Waals surface area contributed by atoms with Gasteiger partial charge in [0.1, 0.15) is 11.6 Å². The molecule has 0 spiro atoms. The van der Waals surface area contributed by atoms with E-state index in [-0.39, 0.29) is 5.56 Å². The average Bonchev–Trinajstić information content (AvgIpc) is 3.03. The van der Waals surface area contributed by atoms with Crippen LogP contribution in [0.5, 0.6) is 0 Å². The maximum absolute atomic E-state index is 13.5. The number of benzene rings is 2. The van der Waals surface area contributed by atoms with E-state index in [1.807, 2.05) is 35.2 Å². The summed E-state index contributed by atoms with van der Waals surface area (Å²) in [4.78, 5) is 2.02. The third kappa shape index (κ3) is 5.14. The summed E-state index contributed by atoms with van der Waals surface area (Å²) in [5.41, 5.74) is 0.883. The van der Waals surface area contributed by atoms with E-state index in [4.69, 9.17) is 0 Å². The van der Waals surface area contributed by atoms with Gasteiger partial charge in [0.2, 0.25) is 10.0 Å². The maximum Gasteiger partial charge on any atom is 0.218 e. The van der Waals surface area contributed by atoms with Gasteiger partial charge in [-0.15, -0.1) is 0 Å². The molecule has 28 heavy (non-hydrogen) atoms. The number of hydrogen-bond acceptors (Lipinski definition) is 4. The Kier molecular flexibility index (Phi) is 6.44. The van der Waals surface area contributed by atoms with Crippen LogP contribution in [-0.2, 0) is 15.8 Å². The number of rotatable bonds is 7. The zero-order valence-electron chi connectivity index (χ0n) is 15.6. The van der Waals surface area contributed by atoms with Crippen molar-refractivity contribution in [2.45, 2.75) is 24.3 Å². The molecule has 2 aromatic carbocycles. The van der Waals surface area contributed by atoms with Crippen molar-refractivity contribution in [3.8, 4) is 0 Å². The first kappa shape index (κ1) is 20.9. The van der Waals surface area contributed by atoms with Crippen molar-refractivity contribution in [1.82, 2.24) is 9.21 Å². The lowest BCUT2D eigenvalue weighted by Crippen LogP contribution is -2.39. The molecule has 0 radical (unpaired) electrons. The molecule has 1 saturated heterocycles. The van der Waals surface area contributed by atoms with Crippen LogP contribution in [0.4, 0.5) is 8.78 Å². The third-order valence-electron chi connectivity index (χ3n) is 5.01. The molecule has 1 fully saturated rings. The lowest BCUT2D eigenvalue weighted by Gasteiger charge is -2.31. The maximum atomic E-state index is 13.5. The van der Waals surface area contributed by atoms with Crippen molar-refractivity contribution in [3.63, 3.8) is 0 Å². The number of aliphatic hydroxyl groups excluding tert-OH is 1. The molecule has 0 aliphatic carbocycles. The highest BCUT2D eigenvalue weighted by Gasteiger charge is 2.31. The number of aliphatic hydroxyl groups is 1. The summed E-state index contributed by atoms with van der Waals surface area (Å²) in [5.74, 6) is -2.11. The average molecular weight is 410 g/mol. The van der Waals surface area contributed by atoms with E-state index in [1.165, 1.54) is 11.4 Å². The molecule has 2 aromatic rings.